The third kappa shape index (κ3) is 3.84. The molecule has 0 saturated heterocycles. The lowest BCUT2D eigenvalue weighted by Crippen LogP contribution is -2.23. The molecule has 0 saturated carbocycles. The van der Waals surface area contributed by atoms with Crippen LogP contribution in [0.5, 0.6) is 0 Å². The number of aliphatic hydroxyl groups excluding tert-OH is 1. The van der Waals surface area contributed by atoms with Crippen LogP contribution in [-0.2, 0) is 4.99 Å². The summed E-state index contributed by atoms with van der Waals surface area (Å²) in [4.78, 5) is 3.30. The zero-order chi connectivity index (χ0) is 4.99. The van der Waals surface area contributed by atoms with Crippen LogP contribution in [0.15, 0.2) is 0 Å². The van der Waals surface area contributed by atoms with Gasteiger partial charge in [0.2, 0.25) is 0 Å². The van der Waals surface area contributed by atoms with E-state index in [1.54, 1.807) is 0 Å². The summed E-state index contributed by atoms with van der Waals surface area (Å²) in [6, 6.07) is 0. The standard InChI is InChI=1S/C2H7NO3/c1-2(4)3-6-5/h2-5H,1H3. The molecule has 4 nitrogen and oxygen atoms in total. The van der Waals surface area contributed by atoms with Crippen molar-refractivity contribution in [1.29, 1.82) is 0 Å². The van der Waals surface area contributed by atoms with E-state index < -0.39 is 6.23 Å². The van der Waals surface area contributed by atoms with Crippen molar-refractivity contribution < 1.29 is 15.4 Å². The Morgan fingerprint density at radius 3 is 2.33 bits per heavy atom. The summed E-state index contributed by atoms with van der Waals surface area (Å²) in [6.07, 6.45) is -0.824. The third-order valence-corrected chi connectivity index (χ3v) is 0.223. The second kappa shape index (κ2) is 3.05. The number of nitrogens with one attached hydrogen (secondary N) is 1. The summed E-state index contributed by atoms with van der Waals surface area (Å²) in [7, 11) is 0. The fraction of sp³-hybridized carbons (Fsp3) is 1.00. The lowest BCUT2D eigenvalue weighted by atomic mass is 10.7. The Morgan fingerprint density at radius 2 is 2.33 bits per heavy atom. The summed E-state index contributed by atoms with van der Waals surface area (Å²) in [5.41, 5.74) is 1.82. The van der Waals surface area contributed by atoms with Gasteiger partial charge in [-0.15, -0.1) is 10.5 Å². The molecule has 0 heterocycles. The van der Waals surface area contributed by atoms with Crippen molar-refractivity contribution in [2.45, 2.75) is 13.2 Å². The Kier molecular flexibility index (Phi) is 2.97. The second-order valence-electron chi connectivity index (χ2n) is 0.885. The highest BCUT2D eigenvalue weighted by Crippen LogP contribution is 1.64. The molecule has 0 aromatic heterocycles. The Labute approximate surface area is 35.2 Å². The van der Waals surface area contributed by atoms with Gasteiger partial charge in [-0.25, -0.2) is 5.26 Å². The molecule has 4 heteroatoms. The van der Waals surface area contributed by atoms with Gasteiger partial charge in [0.1, 0.15) is 6.23 Å². The van der Waals surface area contributed by atoms with Crippen molar-refractivity contribution in [3.63, 3.8) is 0 Å². The van der Waals surface area contributed by atoms with Crippen LogP contribution >= 0.6 is 0 Å². The van der Waals surface area contributed by atoms with E-state index in [9.17, 15) is 0 Å². The molecule has 38 valence electrons. The smallest absolute Gasteiger partial charge is 0.127 e. The second-order valence-corrected chi connectivity index (χ2v) is 0.885. The van der Waals surface area contributed by atoms with Gasteiger partial charge in [0, 0.05) is 0 Å². The first-order valence-corrected chi connectivity index (χ1v) is 1.51. The van der Waals surface area contributed by atoms with Crippen LogP contribution in [0.2, 0.25) is 0 Å². The molecule has 0 aliphatic carbocycles. The lowest BCUT2D eigenvalue weighted by Gasteiger charge is -1.97. The van der Waals surface area contributed by atoms with Crippen molar-refractivity contribution in [1.82, 2.24) is 5.48 Å². The SMILES string of the molecule is CC(O)NOO. The highest BCUT2D eigenvalue weighted by atomic mass is 17.2. The van der Waals surface area contributed by atoms with Gasteiger partial charge < -0.3 is 5.11 Å². The predicted octanol–water partition coefficient (Wildman–Crippen LogP) is -0.681. The Bertz CT molecular complexity index is 30.0. The van der Waals surface area contributed by atoms with E-state index in [0.717, 1.165) is 0 Å². The quantitative estimate of drug-likeness (QED) is 0.240. The number of hydrogen-bond acceptors (Lipinski definition) is 4. The first-order valence-electron chi connectivity index (χ1n) is 1.51. The van der Waals surface area contributed by atoms with E-state index in [1.807, 2.05) is 5.48 Å². The summed E-state index contributed by atoms with van der Waals surface area (Å²) in [5, 5.41) is 15.6. The molecule has 0 radical (unpaired) electrons. The van der Waals surface area contributed by atoms with Crippen LogP contribution in [0, 0.1) is 0 Å². The van der Waals surface area contributed by atoms with E-state index in [0.29, 0.717) is 0 Å². The van der Waals surface area contributed by atoms with E-state index in [1.165, 1.54) is 6.92 Å². The zero-order valence-corrected chi connectivity index (χ0v) is 3.38. The minimum atomic E-state index is -0.824. The molecule has 0 bridgehead atoms. The Morgan fingerprint density at radius 1 is 1.83 bits per heavy atom. The van der Waals surface area contributed by atoms with E-state index >= 15 is 0 Å². The largest absolute Gasteiger partial charge is 0.377 e. The summed E-state index contributed by atoms with van der Waals surface area (Å²) in [6.45, 7) is 1.41. The molecular formula is C2H7NO3. The van der Waals surface area contributed by atoms with Crippen LogP contribution in [0.4, 0.5) is 0 Å². The monoisotopic (exact) mass is 93.0 g/mol. The molecule has 6 heavy (non-hydrogen) atoms. The topological polar surface area (TPSA) is 61.7 Å². The maximum Gasteiger partial charge on any atom is 0.127 e. The molecule has 0 aliphatic rings. The highest BCUT2D eigenvalue weighted by Gasteiger charge is 1.86. The molecule has 0 aromatic rings. The maximum atomic E-state index is 8.16. The van der Waals surface area contributed by atoms with Gasteiger partial charge in [-0.1, -0.05) is 0 Å². The molecule has 1 unspecified atom stereocenters. The maximum absolute atomic E-state index is 8.16. The summed E-state index contributed by atoms with van der Waals surface area (Å²) < 4.78 is 0. The average molecular weight is 93.1 g/mol. The van der Waals surface area contributed by atoms with Crippen molar-refractivity contribution in [2.24, 2.45) is 0 Å². The predicted molar refractivity (Wildman–Crippen MR) is 18.5 cm³/mol. The third-order valence-electron chi connectivity index (χ3n) is 0.223. The van der Waals surface area contributed by atoms with Crippen LogP contribution in [0.1, 0.15) is 6.92 Å². The van der Waals surface area contributed by atoms with Gasteiger partial charge in [-0.3, -0.25) is 0 Å². The average Bonchev–Trinajstić information content (AvgIpc) is 1.35. The molecule has 0 spiro atoms. The number of aliphatic hydroxyl groups is 1. The first kappa shape index (κ1) is 5.84. The van der Waals surface area contributed by atoms with Gasteiger partial charge in [-0.2, -0.15) is 0 Å². The Balaban J connectivity index is 2.63. The summed E-state index contributed by atoms with van der Waals surface area (Å²) >= 11 is 0. The number of hydroxylamine groups is 1. The molecule has 0 rings (SSSR count). The zero-order valence-electron chi connectivity index (χ0n) is 3.38. The molecule has 1 atom stereocenters. The van der Waals surface area contributed by atoms with E-state index in [-0.39, 0.29) is 0 Å². The van der Waals surface area contributed by atoms with E-state index in [4.69, 9.17) is 10.4 Å². The molecule has 0 aliphatic heterocycles. The van der Waals surface area contributed by atoms with Gasteiger partial charge in [0.05, 0.1) is 0 Å². The molecule has 0 amide bonds. The van der Waals surface area contributed by atoms with Gasteiger partial charge in [0.15, 0.2) is 0 Å². The number of hydrogen-bond donors (Lipinski definition) is 3. The van der Waals surface area contributed by atoms with Gasteiger partial charge in [-0.05, 0) is 6.92 Å². The minimum Gasteiger partial charge on any atom is -0.377 e. The van der Waals surface area contributed by atoms with Gasteiger partial charge in [0.25, 0.3) is 0 Å². The van der Waals surface area contributed by atoms with Crippen molar-refractivity contribution in [2.75, 3.05) is 0 Å². The molecule has 0 aromatic carbocycles. The van der Waals surface area contributed by atoms with Crippen molar-refractivity contribution in [3.05, 3.63) is 0 Å². The van der Waals surface area contributed by atoms with Crippen molar-refractivity contribution in [3.8, 4) is 0 Å². The van der Waals surface area contributed by atoms with Crippen LogP contribution in [0.3, 0.4) is 0 Å². The number of rotatable bonds is 2. The van der Waals surface area contributed by atoms with Crippen LogP contribution < -0.4 is 5.48 Å². The lowest BCUT2D eigenvalue weighted by molar-refractivity contribution is -0.312. The van der Waals surface area contributed by atoms with Crippen LogP contribution in [0.25, 0.3) is 0 Å². The Hall–Kier alpha value is -0.160. The minimum absolute atomic E-state index is 0.824. The fourth-order valence-corrected chi connectivity index (χ4v) is 0.0763. The van der Waals surface area contributed by atoms with Crippen LogP contribution in [-0.4, -0.2) is 16.6 Å². The molecular weight excluding hydrogens is 86.0 g/mol. The highest BCUT2D eigenvalue weighted by molar-refractivity contribution is 4.21. The normalized spacial score (nSPS) is 14.5. The van der Waals surface area contributed by atoms with Gasteiger partial charge >= 0.3 is 0 Å². The molecule has 0 fully saturated rings. The fourth-order valence-electron chi connectivity index (χ4n) is 0.0763. The molecule has 3 N–H and O–H groups in total. The van der Waals surface area contributed by atoms with E-state index in [2.05, 4.69) is 4.99 Å². The first-order chi connectivity index (χ1) is 2.77. The summed E-state index contributed by atoms with van der Waals surface area (Å²) in [5.74, 6) is 0. The van der Waals surface area contributed by atoms with Crippen molar-refractivity contribution >= 4 is 0 Å².